The first-order chi connectivity index (χ1) is 19.8. The second kappa shape index (κ2) is 12.3. The maximum atomic E-state index is 13.7. The molecule has 0 unspecified atom stereocenters. The Kier molecular flexibility index (Phi) is 9.15. The number of carbonyl (C=O) groups excluding carboxylic acids is 1. The number of fused-ring (bicyclic) bond motifs is 1. The minimum Gasteiger partial charge on any atom is -0.497 e. The monoisotopic (exact) mass is 621 g/mol. The number of hydrogen-bond acceptors (Lipinski definition) is 9. The number of amides is 1. The number of nitrogens with zero attached hydrogens (tertiary/aromatic N) is 4. The lowest BCUT2D eigenvalue weighted by atomic mass is 9.99. The number of ether oxygens (including phenoxy) is 2. The van der Waals surface area contributed by atoms with E-state index < -0.39 is 44.0 Å². The molecule has 2 aromatic carbocycles. The van der Waals surface area contributed by atoms with Crippen molar-refractivity contribution in [3.05, 3.63) is 60.6 Å². The predicted molar refractivity (Wildman–Crippen MR) is 154 cm³/mol. The molecule has 0 spiro atoms. The summed E-state index contributed by atoms with van der Waals surface area (Å²) in [6, 6.07) is 9.87. The maximum absolute atomic E-state index is 13.7. The number of para-hydroxylation sites is 1. The Morgan fingerprint density at radius 3 is 2.48 bits per heavy atom. The van der Waals surface area contributed by atoms with Gasteiger partial charge in [0.2, 0.25) is 10.0 Å². The number of aliphatic hydroxyl groups is 1. The minimum absolute atomic E-state index is 0.0112. The molecule has 15 heteroatoms. The molecule has 0 bridgehead atoms. The first kappa shape index (κ1) is 31.3. The molecule has 1 aliphatic rings. The number of nitrogens with one attached hydrogen (secondary N) is 1. The van der Waals surface area contributed by atoms with Crippen LogP contribution < -0.4 is 14.2 Å². The molecule has 0 radical (unpaired) electrons. The van der Waals surface area contributed by atoms with Crippen molar-refractivity contribution in [2.45, 2.75) is 35.9 Å². The second-order valence-electron chi connectivity index (χ2n) is 10.2. The molecular weight excluding hydrogens is 586 g/mol. The predicted octanol–water partition coefficient (Wildman–Crippen LogP) is 1.77. The summed E-state index contributed by atoms with van der Waals surface area (Å²) >= 11 is 0. The fourth-order valence-electron chi connectivity index (χ4n) is 4.55. The highest BCUT2D eigenvalue weighted by atomic mass is 32.2. The second-order valence-corrected chi connectivity index (χ2v) is 13.9. The molecule has 4 rings (SSSR count). The van der Waals surface area contributed by atoms with Gasteiger partial charge < -0.3 is 24.0 Å². The van der Waals surface area contributed by atoms with E-state index in [0.717, 1.165) is 4.31 Å². The molecule has 3 atom stereocenters. The summed E-state index contributed by atoms with van der Waals surface area (Å²) in [5.41, 5.74) is 0.0527. The van der Waals surface area contributed by atoms with E-state index in [1.165, 1.54) is 66.5 Å². The van der Waals surface area contributed by atoms with Crippen LogP contribution in [0.1, 0.15) is 24.2 Å². The number of methoxy groups -OCH3 is 1. The zero-order valence-corrected chi connectivity index (χ0v) is 25.6. The zero-order chi connectivity index (χ0) is 30.8. The lowest BCUT2D eigenvalue weighted by molar-refractivity contribution is 0.0389. The maximum Gasteiger partial charge on any atom is 0.281 e. The van der Waals surface area contributed by atoms with E-state index >= 15 is 0 Å². The van der Waals surface area contributed by atoms with Crippen molar-refractivity contribution in [1.29, 1.82) is 0 Å². The van der Waals surface area contributed by atoms with Crippen molar-refractivity contribution in [2.24, 2.45) is 13.0 Å². The summed E-state index contributed by atoms with van der Waals surface area (Å²) < 4.78 is 69.7. The number of likely N-dealkylation sites (N-methyl/N-ethyl adjacent to an activating group) is 1. The van der Waals surface area contributed by atoms with E-state index in [1.807, 2.05) is 0 Å². The zero-order valence-electron chi connectivity index (χ0n) is 24.0. The Labute approximate surface area is 245 Å². The lowest BCUT2D eigenvalue weighted by Gasteiger charge is -2.38. The third kappa shape index (κ3) is 6.38. The SMILES string of the molecule is COc1ccc(S(=O)(=O)N(C)C[C@@H]2Oc3c(NS(=O)(=O)c4cn(C)cn4)cccc3C(=O)N([C@H](C)CO)C[C@H]2C)cc1. The molecule has 42 heavy (non-hydrogen) atoms. The number of aliphatic hydroxyl groups excluding tert-OH is 1. The van der Waals surface area contributed by atoms with Crippen molar-refractivity contribution in [1.82, 2.24) is 18.8 Å². The standard InChI is InChI=1S/C27H35N5O8S2/c1-18-13-32(19(2)16-33)27(34)22-7-6-8-23(29-41(35,36)25-15-30(3)17-28-25)26(22)40-24(18)14-31(4)42(37,38)21-11-9-20(39-5)10-12-21/h6-12,15,17-19,24,29,33H,13-14,16H2,1-5H3/t18-,19-,24+/m1/s1. The lowest BCUT2D eigenvalue weighted by Crippen LogP contribution is -2.50. The summed E-state index contributed by atoms with van der Waals surface area (Å²) in [7, 11) is -3.57. The van der Waals surface area contributed by atoms with E-state index in [2.05, 4.69) is 9.71 Å². The number of imidazole rings is 1. The molecule has 1 aliphatic heterocycles. The van der Waals surface area contributed by atoms with Gasteiger partial charge in [0.15, 0.2) is 10.8 Å². The van der Waals surface area contributed by atoms with Gasteiger partial charge in [-0.05, 0) is 43.3 Å². The van der Waals surface area contributed by atoms with Crippen LogP contribution in [-0.2, 0) is 27.1 Å². The van der Waals surface area contributed by atoms with Gasteiger partial charge in [0.1, 0.15) is 11.9 Å². The Morgan fingerprint density at radius 2 is 1.88 bits per heavy atom. The third-order valence-electron chi connectivity index (χ3n) is 7.10. The summed E-state index contributed by atoms with van der Waals surface area (Å²) in [4.78, 5) is 19.1. The fraction of sp³-hybridized carbons (Fsp3) is 0.407. The molecule has 2 heterocycles. The van der Waals surface area contributed by atoms with Crippen LogP contribution >= 0.6 is 0 Å². The first-order valence-corrected chi connectivity index (χ1v) is 16.0. The van der Waals surface area contributed by atoms with Gasteiger partial charge in [-0.2, -0.15) is 12.7 Å². The smallest absolute Gasteiger partial charge is 0.281 e. The quantitative estimate of drug-likeness (QED) is 0.344. The van der Waals surface area contributed by atoms with Gasteiger partial charge in [0.25, 0.3) is 15.9 Å². The number of benzene rings is 2. The van der Waals surface area contributed by atoms with Gasteiger partial charge in [-0.1, -0.05) is 13.0 Å². The van der Waals surface area contributed by atoms with Gasteiger partial charge in [-0.3, -0.25) is 9.52 Å². The molecule has 0 saturated carbocycles. The number of aryl methyl sites for hydroxylation is 1. The topological polar surface area (TPSA) is 160 Å². The van der Waals surface area contributed by atoms with Crippen LogP contribution in [0, 0.1) is 5.92 Å². The third-order valence-corrected chi connectivity index (χ3v) is 10.2. The Hall–Kier alpha value is -3.66. The molecule has 1 amide bonds. The summed E-state index contributed by atoms with van der Waals surface area (Å²) in [5, 5.41) is 9.66. The van der Waals surface area contributed by atoms with Crippen molar-refractivity contribution < 1.29 is 36.2 Å². The molecule has 228 valence electrons. The number of sulfonamides is 2. The van der Waals surface area contributed by atoms with Crippen LogP contribution in [0.3, 0.4) is 0 Å². The van der Waals surface area contributed by atoms with Crippen molar-refractivity contribution >= 4 is 31.6 Å². The van der Waals surface area contributed by atoms with E-state index in [1.54, 1.807) is 33.0 Å². The van der Waals surface area contributed by atoms with Crippen LogP contribution in [0.25, 0.3) is 0 Å². The van der Waals surface area contributed by atoms with Crippen molar-refractivity contribution in [3.8, 4) is 11.5 Å². The number of carbonyl (C=O) groups is 1. The van der Waals surface area contributed by atoms with Gasteiger partial charge in [0, 0.05) is 32.8 Å². The van der Waals surface area contributed by atoms with Gasteiger partial charge >= 0.3 is 0 Å². The van der Waals surface area contributed by atoms with E-state index in [9.17, 15) is 26.7 Å². The van der Waals surface area contributed by atoms with Gasteiger partial charge in [-0.15, -0.1) is 0 Å². The number of hydrogen-bond donors (Lipinski definition) is 2. The molecule has 0 fully saturated rings. The number of aromatic nitrogens is 2. The van der Waals surface area contributed by atoms with Gasteiger partial charge in [0.05, 0.1) is 48.8 Å². The van der Waals surface area contributed by atoms with E-state index in [0.29, 0.717) is 5.75 Å². The molecule has 0 aliphatic carbocycles. The summed E-state index contributed by atoms with van der Waals surface area (Å²) in [5.74, 6) is -0.433. The number of anilines is 1. The Morgan fingerprint density at radius 1 is 1.19 bits per heavy atom. The highest BCUT2D eigenvalue weighted by molar-refractivity contribution is 7.92. The molecule has 0 saturated heterocycles. The van der Waals surface area contributed by atoms with Crippen LogP contribution in [0.5, 0.6) is 11.5 Å². The summed E-state index contributed by atoms with van der Waals surface area (Å²) in [6.07, 6.45) is 1.86. The molecule has 3 aromatic rings. The molecule has 2 N–H and O–H groups in total. The van der Waals surface area contributed by atoms with E-state index in [-0.39, 0.29) is 46.6 Å². The largest absolute Gasteiger partial charge is 0.497 e. The number of rotatable bonds is 10. The first-order valence-electron chi connectivity index (χ1n) is 13.1. The molecular formula is C27H35N5O8S2. The molecule has 1 aromatic heterocycles. The highest BCUT2D eigenvalue weighted by Crippen LogP contribution is 2.36. The minimum atomic E-state index is -4.16. The van der Waals surface area contributed by atoms with Crippen LogP contribution in [0.15, 0.2) is 64.9 Å². The fourth-order valence-corrected chi connectivity index (χ4v) is 6.77. The Balaban J connectivity index is 1.74. The van der Waals surface area contributed by atoms with Crippen LogP contribution in [0.2, 0.25) is 0 Å². The Bertz CT molecular complexity index is 1640. The van der Waals surface area contributed by atoms with Gasteiger partial charge in [-0.25, -0.2) is 13.4 Å². The van der Waals surface area contributed by atoms with Crippen LogP contribution in [0.4, 0.5) is 5.69 Å². The van der Waals surface area contributed by atoms with Crippen LogP contribution in [-0.4, -0.2) is 92.6 Å². The van der Waals surface area contributed by atoms with E-state index in [4.69, 9.17) is 9.47 Å². The summed E-state index contributed by atoms with van der Waals surface area (Å²) in [6.45, 7) is 3.22. The van der Waals surface area contributed by atoms with Crippen molar-refractivity contribution in [2.75, 3.05) is 38.6 Å². The normalized spacial score (nSPS) is 18.5. The average molecular weight is 622 g/mol. The average Bonchev–Trinajstić information content (AvgIpc) is 3.41. The highest BCUT2D eigenvalue weighted by Gasteiger charge is 2.36. The van der Waals surface area contributed by atoms with Crippen molar-refractivity contribution in [3.63, 3.8) is 0 Å². The molecule has 13 nitrogen and oxygen atoms in total.